The number of aromatic nitrogens is 3. The minimum atomic E-state index is -0.412. The zero-order chi connectivity index (χ0) is 12.0. The largest absolute Gasteiger partial charge is 0.436 e. The number of aryl methyl sites for hydroxylation is 2. The van der Waals surface area contributed by atoms with Gasteiger partial charge in [0.05, 0.1) is 11.2 Å². The highest BCUT2D eigenvalue weighted by Crippen LogP contribution is 2.37. The fourth-order valence-corrected chi connectivity index (χ4v) is 2.03. The summed E-state index contributed by atoms with van der Waals surface area (Å²) >= 11 is 0. The minimum absolute atomic E-state index is 0.356. The van der Waals surface area contributed by atoms with Crippen LogP contribution in [0, 0.1) is 13.8 Å². The molecule has 0 amide bonds. The third-order valence-corrected chi connectivity index (χ3v) is 3.21. The molecule has 6 heteroatoms. The summed E-state index contributed by atoms with van der Waals surface area (Å²) in [5, 5.41) is 3.94. The van der Waals surface area contributed by atoms with Crippen molar-refractivity contribution in [2.45, 2.75) is 38.6 Å². The lowest BCUT2D eigenvalue weighted by Crippen LogP contribution is -2.44. The average molecular weight is 234 g/mol. The van der Waals surface area contributed by atoms with Crippen molar-refractivity contribution in [2.24, 2.45) is 5.73 Å². The van der Waals surface area contributed by atoms with Gasteiger partial charge in [-0.15, -0.1) is 0 Å². The van der Waals surface area contributed by atoms with E-state index in [2.05, 4.69) is 15.1 Å². The number of nitrogens with two attached hydrogens (primary N) is 1. The first kappa shape index (κ1) is 10.5. The molecule has 2 heterocycles. The molecule has 0 spiro atoms. The number of oxazole rings is 1. The van der Waals surface area contributed by atoms with E-state index >= 15 is 0 Å². The van der Waals surface area contributed by atoms with Gasteiger partial charge in [-0.1, -0.05) is 5.16 Å². The first-order valence-electron chi connectivity index (χ1n) is 5.66. The summed E-state index contributed by atoms with van der Waals surface area (Å²) in [7, 11) is 0. The number of hydrogen-bond acceptors (Lipinski definition) is 6. The van der Waals surface area contributed by atoms with Crippen LogP contribution in [-0.2, 0) is 5.54 Å². The molecule has 0 atom stereocenters. The second-order valence-electron chi connectivity index (χ2n) is 4.58. The maximum absolute atomic E-state index is 6.13. The first-order valence-corrected chi connectivity index (χ1v) is 5.66. The van der Waals surface area contributed by atoms with Gasteiger partial charge in [0.15, 0.2) is 11.7 Å². The molecule has 0 radical (unpaired) electrons. The molecule has 6 nitrogen and oxygen atoms in total. The second-order valence-corrected chi connectivity index (χ2v) is 4.58. The minimum Gasteiger partial charge on any atom is -0.436 e. The van der Waals surface area contributed by atoms with E-state index in [1.54, 1.807) is 6.92 Å². The predicted octanol–water partition coefficient (Wildman–Crippen LogP) is 1.68. The van der Waals surface area contributed by atoms with E-state index in [-0.39, 0.29) is 0 Å². The van der Waals surface area contributed by atoms with Crippen molar-refractivity contribution in [3.8, 4) is 11.7 Å². The summed E-state index contributed by atoms with van der Waals surface area (Å²) in [5.74, 6) is 2.04. The van der Waals surface area contributed by atoms with Crippen LogP contribution >= 0.6 is 0 Å². The molecule has 1 aliphatic rings. The van der Waals surface area contributed by atoms with E-state index in [0.717, 1.165) is 25.0 Å². The first-order chi connectivity index (χ1) is 8.08. The molecule has 0 saturated heterocycles. The van der Waals surface area contributed by atoms with Crippen molar-refractivity contribution in [2.75, 3.05) is 0 Å². The van der Waals surface area contributed by atoms with Crippen molar-refractivity contribution in [1.29, 1.82) is 0 Å². The Hall–Kier alpha value is -1.69. The quantitative estimate of drug-likeness (QED) is 0.850. The van der Waals surface area contributed by atoms with Crippen molar-refractivity contribution >= 4 is 0 Å². The van der Waals surface area contributed by atoms with Gasteiger partial charge in [-0.05, 0) is 26.2 Å². The Morgan fingerprint density at radius 2 is 2.00 bits per heavy atom. The molecule has 2 aromatic heterocycles. The maximum Gasteiger partial charge on any atom is 0.295 e. The third kappa shape index (κ3) is 1.56. The lowest BCUT2D eigenvalue weighted by atomic mass is 9.77. The van der Waals surface area contributed by atoms with Gasteiger partial charge in [-0.3, -0.25) is 0 Å². The smallest absolute Gasteiger partial charge is 0.295 e. The topological polar surface area (TPSA) is 91.0 Å². The predicted molar refractivity (Wildman–Crippen MR) is 59.0 cm³/mol. The van der Waals surface area contributed by atoms with Crippen LogP contribution in [-0.4, -0.2) is 15.1 Å². The van der Waals surface area contributed by atoms with Crippen LogP contribution in [0.1, 0.15) is 36.7 Å². The summed E-state index contributed by atoms with van der Waals surface area (Å²) in [6, 6.07) is 0. The molecule has 2 N–H and O–H groups in total. The van der Waals surface area contributed by atoms with E-state index in [4.69, 9.17) is 14.7 Å². The SMILES string of the molecule is Cc1nc(C)c(-c2nc(C3(N)CCC3)no2)o1. The van der Waals surface area contributed by atoms with Gasteiger partial charge in [-0.2, -0.15) is 4.98 Å². The Kier molecular flexibility index (Phi) is 2.09. The van der Waals surface area contributed by atoms with Crippen LogP contribution < -0.4 is 5.73 Å². The Labute approximate surface area is 98.2 Å². The molecule has 0 aromatic carbocycles. The van der Waals surface area contributed by atoms with Gasteiger partial charge in [0.2, 0.25) is 5.76 Å². The highest BCUT2D eigenvalue weighted by molar-refractivity contribution is 5.47. The van der Waals surface area contributed by atoms with Gasteiger partial charge in [0, 0.05) is 6.92 Å². The van der Waals surface area contributed by atoms with Gasteiger partial charge < -0.3 is 14.7 Å². The Balaban J connectivity index is 1.97. The van der Waals surface area contributed by atoms with Gasteiger partial charge in [-0.25, -0.2) is 4.98 Å². The molecule has 0 unspecified atom stereocenters. The van der Waals surface area contributed by atoms with Crippen molar-refractivity contribution in [3.63, 3.8) is 0 Å². The van der Waals surface area contributed by atoms with Crippen molar-refractivity contribution in [3.05, 3.63) is 17.4 Å². The molecule has 2 aromatic rings. The van der Waals surface area contributed by atoms with E-state index in [9.17, 15) is 0 Å². The monoisotopic (exact) mass is 234 g/mol. The fraction of sp³-hybridized carbons (Fsp3) is 0.545. The normalized spacial score (nSPS) is 18.1. The average Bonchev–Trinajstić information content (AvgIpc) is 2.81. The standard InChI is InChI=1S/C11H14N4O2/c1-6-8(16-7(2)13-6)9-14-10(15-17-9)11(12)4-3-5-11/h3-5,12H2,1-2H3. The summed E-state index contributed by atoms with van der Waals surface area (Å²) in [6.07, 6.45) is 2.92. The molecular formula is C11H14N4O2. The van der Waals surface area contributed by atoms with Crippen LogP contribution in [0.2, 0.25) is 0 Å². The molecular weight excluding hydrogens is 220 g/mol. The number of hydrogen-bond donors (Lipinski definition) is 1. The fourth-order valence-electron chi connectivity index (χ4n) is 2.03. The second kappa shape index (κ2) is 3.40. The molecule has 0 bridgehead atoms. The number of nitrogens with zero attached hydrogens (tertiary/aromatic N) is 3. The zero-order valence-corrected chi connectivity index (χ0v) is 9.86. The number of rotatable bonds is 2. The van der Waals surface area contributed by atoms with Crippen LogP contribution in [0.25, 0.3) is 11.7 Å². The van der Waals surface area contributed by atoms with Crippen molar-refractivity contribution in [1.82, 2.24) is 15.1 Å². The highest BCUT2D eigenvalue weighted by atomic mass is 16.5. The summed E-state index contributed by atoms with van der Waals surface area (Å²) in [5.41, 5.74) is 6.46. The molecule has 1 fully saturated rings. The van der Waals surface area contributed by atoms with E-state index in [1.165, 1.54) is 0 Å². The Morgan fingerprint density at radius 3 is 2.53 bits per heavy atom. The molecule has 3 rings (SSSR count). The van der Waals surface area contributed by atoms with Crippen LogP contribution in [0.5, 0.6) is 0 Å². The van der Waals surface area contributed by atoms with Crippen molar-refractivity contribution < 1.29 is 8.94 Å². The highest BCUT2D eigenvalue weighted by Gasteiger charge is 2.39. The zero-order valence-electron chi connectivity index (χ0n) is 9.86. The van der Waals surface area contributed by atoms with E-state index < -0.39 is 5.54 Å². The Bertz CT molecular complexity index is 554. The summed E-state index contributed by atoms with van der Waals surface area (Å²) in [6.45, 7) is 3.63. The Morgan fingerprint density at radius 1 is 1.24 bits per heavy atom. The molecule has 90 valence electrons. The molecule has 1 saturated carbocycles. The van der Waals surface area contributed by atoms with Crippen LogP contribution in [0.4, 0.5) is 0 Å². The lowest BCUT2D eigenvalue weighted by Gasteiger charge is -2.34. The van der Waals surface area contributed by atoms with E-state index in [0.29, 0.717) is 23.4 Å². The molecule has 17 heavy (non-hydrogen) atoms. The third-order valence-electron chi connectivity index (χ3n) is 3.21. The maximum atomic E-state index is 6.13. The van der Waals surface area contributed by atoms with Crippen LogP contribution in [0.3, 0.4) is 0 Å². The van der Waals surface area contributed by atoms with Gasteiger partial charge in [0.1, 0.15) is 0 Å². The van der Waals surface area contributed by atoms with Gasteiger partial charge in [0.25, 0.3) is 5.89 Å². The van der Waals surface area contributed by atoms with Crippen LogP contribution in [0.15, 0.2) is 8.94 Å². The molecule has 1 aliphatic carbocycles. The summed E-state index contributed by atoms with van der Waals surface area (Å²) in [4.78, 5) is 8.48. The molecule has 0 aliphatic heterocycles. The lowest BCUT2D eigenvalue weighted by molar-refractivity contribution is 0.229. The summed E-state index contributed by atoms with van der Waals surface area (Å²) < 4.78 is 10.6. The van der Waals surface area contributed by atoms with Gasteiger partial charge >= 0.3 is 0 Å². The van der Waals surface area contributed by atoms with E-state index in [1.807, 2.05) is 6.92 Å².